The summed E-state index contributed by atoms with van der Waals surface area (Å²) in [5, 5.41) is 4.94. The molecule has 0 aliphatic carbocycles. The summed E-state index contributed by atoms with van der Waals surface area (Å²) < 4.78 is 39.8. The van der Waals surface area contributed by atoms with Gasteiger partial charge in [-0.2, -0.15) is 13.2 Å². The van der Waals surface area contributed by atoms with Gasteiger partial charge in [0.1, 0.15) is 6.61 Å². The van der Waals surface area contributed by atoms with E-state index in [1.54, 1.807) is 0 Å². The van der Waals surface area contributed by atoms with Crippen LogP contribution in [0.25, 0.3) is 0 Å². The maximum absolute atomic E-state index is 11.8. The summed E-state index contributed by atoms with van der Waals surface area (Å²) in [5.74, 6) is -0.823. The molecule has 1 rings (SSSR count). The molecular weight excluding hydrogens is 301 g/mol. The van der Waals surface area contributed by atoms with Crippen LogP contribution in [0.15, 0.2) is 36.9 Å². The number of ether oxygens (including phenoxy) is 1. The third-order valence-electron chi connectivity index (χ3n) is 2.40. The van der Waals surface area contributed by atoms with Crippen molar-refractivity contribution in [1.82, 2.24) is 5.32 Å². The van der Waals surface area contributed by atoms with Crippen LogP contribution in [0.1, 0.15) is 10.4 Å². The molecule has 0 atom stereocenters. The number of carbonyl (C=O) groups excluding carboxylic acids is 2. The fourth-order valence-electron chi connectivity index (χ4n) is 1.42. The number of hydrogen-bond donors (Lipinski definition) is 2. The van der Waals surface area contributed by atoms with Crippen LogP contribution in [0.2, 0.25) is 0 Å². The average molecular weight is 316 g/mol. The number of rotatable bonds is 7. The minimum atomic E-state index is -4.38. The van der Waals surface area contributed by atoms with Gasteiger partial charge in [-0.05, 0) is 30.3 Å². The van der Waals surface area contributed by atoms with Crippen LogP contribution in [0.5, 0.6) is 0 Å². The molecule has 5 nitrogen and oxygen atoms in total. The summed E-state index contributed by atoms with van der Waals surface area (Å²) in [6.45, 7) is 1.69. The van der Waals surface area contributed by atoms with Crippen LogP contribution >= 0.6 is 0 Å². The van der Waals surface area contributed by atoms with E-state index in [9.17, 15) is 22.8 Å². The first-order chi connectivity index (χ1) is 10.3. The Balaban J connectivity index is 2.36. The lowest BCUT2D eigenvalue weighted by molar-refractivity contribution is -0.173. The zero-order valence-electron chi connectivity index (χ0n) is 11.6. The highest BCUT2D eigenvalue weighted by Gasteiger charge is 2.27. The molecule has 0 unspecified atom stereocenters. The Morgan fingerprint density at radius 3 is 2.41 bits per heavy atom. The lowest BCUT2D eigenvalue weighted by Crippen LogP contribution is -2.28. The molecule has 0 bridgehead atoms. The second-order valence-electron chi connectivity index (χ2n) is 4.19. The Labute approximate surface area is 125 Å². The van der Waals surface area contributed by atoms with Crippen molar-refractivity contribution in [3.63, 3.8) is 0 Å². The standard InChI is InChI=1S/C14H15F3N2O3/c1-2-12(20)19-11-5-3-10(4-6-11)13(21)18-7-8-22-9-14(15,16)17/h2-6H,1,7-9H2,(H,18,21)(H,19,20). The number of halogens is 3. The van der Waals surface area contributed by atoms with Gasteiger partial charge < -0.3 is 15.4 Å². The van der Waals surface area contributed by atoms with Gasteiger partial charge in [0.2, 0.25) is 5.91 Å². The molecule has 0 saturated heterocycles. The molecule has 0 fully saturated rings. The van der Waals surface area contributed by atoms with Crippen molar-refractivity contribution in [2.45, 2.75) is 6.18 Å². The minimum absolute atomic E-state index is 0.0378. The highest BCUT2D eigenvalue weighted by molar-refractivity contribution is 5.99. The van der Waals surface area contributed by atoms with Crippen LogP contribution in [0.4, 0.5) is 18.9 Å². The van der Waals surface area contributed by atoms with Gasteiger partial charge in [-0.3, -0.25) is 9.59 Å². The Morgan fingerprint density at radius 2 is 1.86 bits per heavy atom. The Hall–Kier alpha value is -2.35. The molecule has 1 aromatic carbocycles. The lowest BCUT2D eigenvalue weighted by Gasteiger charge is -2.09. The van der Waals surface area contributed by atoms with Crippen LogP contribution in [0.3, 0.4) is 0 Å². The van der Waals surface area contributed by atoms with Crippen LogP contribution in [-0.2, 0) is 9.53 Å². The van der Waals surface area contributed by atoms with E-state index in [-0.39, 0.29) is 19.1 Å². The Morgan fingerprint density at radius 1 is 1.23 bits per heavy atom. The van der Waals surface area contributed by atoms with Crippen molar-refractivity contribution in [2.24, 2.45) is 0 Å². The smallest absolute Gasteiger partial charge is 0.370 e. The fraction of sp³-hybridized carbons (Fsp3) is 0.286. The topological polar surface area (TPSA) is 67.4 Å². The Bertz CT molecular complexity index is 527. The molecule has 0 aliphatic rings. The summed E-state index contributed by atoms with van der Waals surface area (Å²) in [6, 6.07) is 6.00. The summed E-state index contributed by atoms with van der Waals surface area (Å²) in [5.41, 5.74) is 0.808. The first-order valence-corrected chi connectivity index (χ1v) is 6.28. The van der Waals surface area contributed by atoms with Gasteiger partial charge in [0.05, 0.1) is 6.61 Å². The molecule has 0 heterocycles. The van der Waals surface area contributed by atoms with Crippen molar-refractivity contribution in [1.29, 1.82) is 0 Å². The number of benzene rings is 1. The zero-order valence-corrected chi connectivity index (χ0v) is 11.6. The monoisotopic (exact) mass is 316 g/mol. The van der Waals surface area contributed by atoms with Gasteiger partial charge in [-0.15, -0.1) is 0 Å². The second kappa shape index (κ2) is 8.18. The van der Waals surface area contributed by atoms with E-state index in [2.05, 4.69) is 21.9 Å². The molecule has 120 valence electrons. The van der Waals surface area contributed by atoms with Crippen molar-refractivity contribution in [3.8, 4) is 0 Å². The first kappa shape index (κ1) is 17.7. The Kier molecular flexibility index (Phi) is 6.58. The van der Waals surface area contributed by atoms with Gasteiger partial charge in [-0.1, -0.05) is 6.58 Å². The molecule has 0 aromatic heterocycles. The van der Waals surface area contributed by atoms with Gasteiger partial charge in [0.15, 0.2) is 0 Å². The van der Waals surface area contributed by atoms with Gasteiger partial charge in [-0.25, -0.2) is 0 Å². The predicted octanol–water partition coefficient (Wildman–Crippen LogP) is 2.12. The predicted molar refractivity (Wildman–Crippen MR) is 74.5 cm³/mol. The second-order valence-corrected chi connectivity index (χ2v) is 4.19. The normalized spacial score (nSPS) is 10.9. The molecule has 0 saturated carbocycles. The summed E-state index contributed by atoms with van der Waals surface area (Å²) >= 11 is 0. The number of nitrogens with one attached hydrogen (secondary N) is 2. The van der Waals surface area contributed by atoms with Gasteiger partial charge >= 0.3 is 6.18 Å². The summed E-state index contributed by atoms with van der Waals surface area (Å²) in [4.78, 5) is 22.8. The van der Waals surface area contributed by atoms with Crippen molar-refractivity contribution in [2.75, 3.05) is 25.1 Å². The van der Waals surface area contributed by atoms with Gasteiger partial charge in [0.25, 0.3) is 5.91 Å². The van der Waals surface area contributed by atoms with Gasteiger partial charge in [0, 0.05) is 17.8 Å². The SMILES string of the molecule is C=CC(=O)Nc1ccc(C(=O)NCCOCC(F)(F)F)cc1. The van der Waals surface area contributed by atoms with E-state index < -0.39 is 18.7 Å². The maximum Gasteiger partial charge on any atom is 0.411 e. The molecule has 2 amide bonds. The molecule has 1 aromatic rings. The minimum Gasteiger partial charge on any atom is -0.370 e. The maximum atomic E-state index is 11.8. The van der Waals surface area contributed by atoms with Crippen LogP contribution in [-0.4, -0.2) is 37.7 Å². The van der Waals surface area contributed by atoms with Crippen molar-refractivity contribution in [3.05, 3.63) is 42.5 Å². The number of alkyl halides is 3. The summed E-state index contributed by atoms with van der Waals surface area (Å²) in [7, 11) is 0. The fourth-order valence-corrected chi connectivity index (χ4v) is 1.42. The molecule has 0 radical (unpaired) electrons. The average Bonchev–Trinajstić information content (AvgIpc) is 2.46. The quantitative estimate of drug-likeness (QED) is 0.598. The van der Waals surface area contributed by atoms with E-state index in [0.717, 1.165) is 6.08 Å². The van der Waals surface area contributed by atoms with Crippen LogP contribution in [0, 0.1) is 0 Å². The van der Waals surface area contributed by atoms with Crippen molar-refractivity contribution < 1.29 is 27.5 Å². The summed E-state index contributed by atoms with van der Waals surface area (Å²) in [6.07, 6.45) is -3.27. The third-order valence-corrected chi connectivity index (χ3v) is 2.40. The number of hydrogen-bond acceptors (Lipinski definition) is 3. The molecule has 8 heteroatoms. The van der Waals surface area contributed by atoms with E-state index in [0.29, 0.717) is 11.3 Å². The molecular formula is C14H15F3N2O3. The molecule has 0 aliphatic heterocycles. The van der Waals surface area contributed by atoms with Crippen LogP contribution < -0.4 is 10.6 Å². The molecule has 22 heavy (non-hydrogen) atoms. The van der Waals surface area contributed by atoms with E-state index in [1.807, 2.05) is 0 Å². The highest BCUT2D eigenvalue weighted by atomic mass is 19.4. The molecule has 0 spiro atoms. The zero-order chi connectivity index (χ0) is 16.6. The first-order valence-electron chi connectivity index (χ1n) is 6.28. The number of carbonyl (C=O) groups is 2. The lowest BCUT2D eigenvalue weighted by atomic mass is 10.2. The number of amides is 2. The largest absolute Gasteiger partial charge is 0.411 e. The molecule has 2 N–H and O–H groups in total. The highest BCUT2D eigenvalue weighted by Crippen LogP contribution is 2.14. The number of anilines is 1. The van der Waals surface area contributed by atoms with E-state index in [4.69, 9.17) is 0 Å². The van der Waals surface area contributed by atoms with E-state index in [1.165, 1.54) is 24.3 Å². The van der Waals surface area contributed by atoms with Crippen molar-refractivity contribution >= 4 is 17.5 Å². The third kappa shape index (κ3) is 6.89. The van der Waals surface area contributed by atoms with E-state index >= 15 is 0 Å².